The maximum absolute atomic E-state index is 11.9. The first kappa shape index (κ1) is 15.4. The molecule has 1 aromatic rings. The number of carbonyl (C=O) groups is 1. The van der Waals surface area contributed by atoms with E-state index in [4.69, 9.17) is 4.42 Å². The Morgan fingerprint density at radius 3 is 2.94 bits per heavy atom. The minimum atomic E-state index is -0.120. The van der Waals surface area contributed by atoms with Crippen LogP contribution in [0.2, 0.25) is 0 Å². The first-order chi connectivity index (χ1) is 8.20. The summed E-state index contributed by atoms with van der Waals surface area (Å²) >= 11 is 1.49. The number of halogens is 1. The van der Waals surface area contributed by atoms with Gasteiger partial charge >= 0.3 is 0 Å². The summed E-state index contributed by atoms with van der Waals surface area (Å²) in [4.78, 5) is 11.9. The lowest BCUT2D eigenvalue weighted by Gasteiger charge is -2.29. The van der Waals surface area contributed by atoms with E-state index in [2.05, 4.69) is 17.6 Å². The van der Waals surface area contributed by atoms with Gasteiger partial charge in [-0.2, -0.15) is 0 Å². The predicted molar refractivity (Wildman–Crippen MR) is 75.6 cm³/mol. The lowest BCUT2D eigenvalue weighted by atomic mass is 9.95. The third-order valence-corrected chi connectivity index (χ3v) is 3.77. The molecule has 0 aliphatic carbocycles. The van der Waals surface area contributed by atoms with Crippen LogP contribution >= 0.6 is 24.2 Å². The van der Waals surface area contributed by atoms with Gasteiger partial charge < -0.3 is 15.1 Å². The molecule has 2 atom stereocenters. The van der Waals surface area contributed by atoms with Crippen LogP contribution in [0.1, 0.15) is 23.9 Å². The van der Waals surface area contributed by atoms with Crippen molar-refractivity contribution in [3.05, 3.63) is 17.9 Å². The standard InChI is InChI=1S/C12H18N2O2S.ClH/c1-8-5-6-13-7-9(8)14-12(15)10-3-4-11(16-10)17-2;/h3-4,8-9,13H,5-7H2,1-2H3,(H,14,15);1H. The molecule has 2 rings (SSSR count). The zero-order valence-electron chi connectivity index (χ0n) is 10.6. The van der Waals surface area contributed by atoms with Crippen LogP contribution in [0.3, 0.4) is 0 Å². The number of amides is 1. The normalized spacial score (nSPS) is 23.2. The van der Waals surface area contributed by atoms with Crippen LogP contribution in [-0.2, 0) is 0 Å². The summed E-state index contributed by atoms with van der Waals surface area (Å²) in [7, 11) is 0. The average molecular weight is 291 g/mol. The summed E-state index contributed by atoms with van der Waals surface area (Å²) in [6.45, 7) is 4.04. The van der Waals surface area contributed by atoms with E-state index < -0.39 is 0 Å². The van der Waals surface area contributed by atoms with Crippen molar-refractivity contribution in [2.75, 3.05) is 19.3 Å². The molecule has 1 saturated heterocycles. The van der Waals surface area contributed by atoms with Gasteiger partial charge in [0.1, 0.15) is 0 Å². The summed E-state index contributed by atoms with van der Waals surface area (Å²) in [6, 6.07) is 3.74. The van der Waals surface area contributed by atoms with E-state index in [1.807, 2.05) is 12.3 Å². The lowest BCUT2D eigenvalue weighted by molar-refractivity contribution is 0.0882. The van der Waals surface area contributed by atoms with E-state index in [1.54, 1.807) is 6.07 Å². The second-order valence-corrected chi connectivity index (χ2v) is 5.18. The molecule has 0 aromatic carbocycles. The highest BCUT2D eigenvalue weighted by Gasteiger charge is 2.24. The Kier molecular flexibility index (Phi) is 6.05. The molecule has 1 amide bonds. The molecule has 1 fully saturated rings. The molecule has 0 saturated carbocycles. The van der Waals surface area contributed by atoms with E-state index in [-0.39, 0.29) is 24.4 Å². The number of furan rings is 1. The summed E-state index contributed by atoms with van der Waals surface area (Å²) in [5, 5.41) is 7.08. The van der Waals surface area contributed by atoms with Crippen molar-refractivity contribution < 1.29 is 9.21 Å². The van der Waals surface area contributed by atoms with Gasteiger partial charge in [0.2, 0.25) is 0 Å². The Bertz CT molecular complexity index is 397. The summed E-state index contributed by atoms with van der Waals surface area (Å²) < 4.78 is 5.40. The number of hydrogen-bond donors (Lipinski definition) is 2. The Morgan fingerprint density at radius 1 is 1.56 bits per heavy atom. The fourth-order valence-corrected chi connectivity index (χ4v) is 2.35. The van der Waals surface area contributed by atoms with Gasteiger partial charge in [0.15, 0.2) is 10.9 Å². The van der Waals surface area contributed by atoms with Gasteiger partial charge in [-0.3, -0.25) is 4.79 Å². The SMILES string of the molecule is CSc1ccc(C(=O)NC2CNCCC2C)o1.Cl. The van der Waals surface area contributed by atoms with Crippen LogP contribution in [0.15, 0.2) is 21.6 Å². The van der Waals surface area contributed by atoms with Crippen LogP contribution < -0.4 is 10.6 Å². The first-order valence-corrected chi connectivity index (χ1v) is 7.08. The molecular formula is C12H19ClN2O2S. The second kappa shape index (κ2) is 7.07. The lowest BCUT2D eigenvalue weighted by Crippen LogP contribution is -2.50. The average Bonchev–Trinajstić information content (AvgIpc) is 2.81. The molecule has 1 aliphatic heterocycles. The third-order valence-electron chi connectivity index (χ3n) is 3.15. The van der Waals surface area contributed by atoms with Crippen molar-refractivity contribution in [3.63, 3.8) is 0 Å². The monoisotopic (exact) mass is 290 g/mol. The fourth-order valence-electron chi connectivity index (χ4n) is 1.97. The predicted octanol–water partition coefficient (Wildman–Crippen LogP) is 2.15. The Balaban J connectivity index is 0.00000162. The molecule has 2 N–H and O–H groups in total. The number of hydrogen-bond acceptors (Lipinski definition) is 4. The van der Waals surface area contributed by atoms with Gasteiger partial charge in [-0.05, 0) is 37.3 Å². The fraction of sp³-hybridized carbons (Fsp3) is 0.583. The van der Waals surface area contributed by atoms with Gasteiger partial charge in [0, 0.05) is 12.6 Å². The van der Waals surface area contributed by atoms with Gasteiger partial charge in [0.25, 0.3) is 5.91 Å². The number of piperidine rings is 1. The molecule has 2 unspecified atom stereocenters. The molecule has 1 aromatic heterocycles. The molecule has 0 radical (unpaired) electrons. The molecule has 18 heavy (non-hydrogen) atoms. The van der Waals surface area contributed by atoms with Crippen LogP contribution in [0.25, 0.3) is 0 Å². The third kappa shape index (κ3) is 3.67. The zero-order valence-corrected chi connectivity index (χ0v) is 12.2. The van der Waals surface area contributed by atoms with Gasteiger partial charge in [-0.25, -0.2) is 0 Å². The molecule has 4 nitrogen and oxygen atoms in total. The van der Waals surface area contributed by atoms with Crippen molar-refractivity contribution >= 4 is 30.1 Å². The molecule has 102 valence electrons. The largest absolute Gasteiger partial charge is 0.445 e. The van der Waals surface area contributed by atoms with Crippen LogP contribution in [0.5, 0.6) is 0 Å². The highest BCUT2D eigenvalue weighted by atomic mass is 35.5. The van der Waals surface area contributed by atoms with Crippen LogP contribution in [0.4, 0.5) is 0 Å². The Hall–Kier alpha value is -0.650. The minimum Gasteiger partial charge on any atom is -0.445 e. The van der Waals surface area contributed by atoms with Crippen molar-refractivity contribution in [2.45, 2.75) is 24.5 Å². The van der Waals surface area contributed by atoms with E-state index >= 15 is 0 Å². The molecular weight excluding hydrogens is 272 g/mol. The molecule has 1 aliphatic rings. The Labute approximate surface area is 118 Å². The summed E-state index contributed by atoms with van der Waals surface area (Å²) in [5.41, 5.74) is 0. The Morgan fingerprint density at radius 2 is 2.33 bits per heavy atom. The van der Waals surface area contributed by atoms with Crippen LogP contribution in [0, 0.1) is 5.92 Å². The van der Waals surface area contributed by atoms with E-state index in [9.17, 15) is 4.79 Å². The molecule has 6 heteroatoms. The summed E-state index contributed by atoms with van der Waals surface area (Å²) in [6.07, 6.45) is 3.02. The van der Waals surface area contributed by atoms with Crippen molar-refractivity contribution in [3.8, 4) is 0 Å². The maximum atomic E-state index is 11.9. The smallest absolute Gasteiger partial charge is 0.287 e. The summed E-state index contributed by atoms with van der Waals surface area (Å²) in [5.74, 6) is 0.785. The van der Waals surface area contributed by atoms with Crippen LogP contribution in [-0.4, -0.2) is 31.3 Å². The molecule has 0 bridgehead atoms. The topological polar surface area (TPSA) is 54.3 Å². The molecule has 2 heterocycles. The molecule has 0 spiro atoms. The number of thioether (sulfide) groups is 1. The van der Waals surface area contributed by atoms with E-state index in [0.29, 0.717) is 11.7 Å². The first-order valence-electron chi connectivity index (χ1n) is 5.86. The maximum Gasteiger partial charge on any atom is 0.287 e. The quantitative estimate of drug-likeness (QED) is 0.838. The van der Waals surface area contributed by atoms with Crippen molar-refractivity contribution in [1.29, 1.82) is 0 Å². The van der Waals surface area contributed by atoms with Gasteiger partial charge in [0.05, 0.1) is 0 Å². The van der Waals surface area contributed by atoms with E-state index in [0.717, 1.165) is 24.6 Å². The highest BCUT2D eigenvalue weighted by molar-refractivity contribution is 7.98. The van der Waals surface area contributed by atoms with E-state index in [1.165, 1.54) is 11.8 Å². The number of nitrogens with one attached hydrogen (secondary N) is 2. The minimum absolute atomic E-state index is 0. The van der Waals surface area contributed by atoms with Gasteiger partial charge in [-0.15, -0.1) is 12.4 Å². The van der Waals surface area contributed by atoms with Crippen molar-refractivity contribution in [1.82, 2.24) is 10.6 Å². The number of rotatable bonds is 3. The van der Waals surface area contributed by atoms with Gasteiger partial charge in [-0.1, -0.05) is 18.7 Å². The highest BCUT2D eigenvalue weighted by Crippen LogP contribution is 2.18. The second-order valence-electron chi connectivity index (χ2n) is 4.37. The number of carbonyl (C=O) groups excluding carboxylic acids is 1. The van der Waals surface area contributed by atoms with Crippen molar-refractivity contribution in [2.24, 2.45) is 5.92 Å². The zero-order chi connectivity index (χ0) is 12.3.